The fourth-order valence-corrected chi connectivity index (χ4v) is 1.87. The Morgan fingerprint density at radius 2 is 2.26 bits per heavy atom. The van der Waals surface area contributed by atoms with Crippen LogP contribution < -0.4 is 5.32 Å². The predicted molar refractivity (Wildman–Crippen MR) is 64.9 cm³/mol. The Balaban J connectivity index is 2.20. The second-order valence-corrected chi connectivity index (χ2v) is 4.31. The molecule has 0 aromatic heterocycles. The molecule has 1 heterocycles. The largest absolute Gasteiger partial charge is 0.464 e. The molecular formula is C11H9ClN2O5. The molecule has 0 spiro atoms. The van der Waals surface area contributed by atoms with Gasteiger partial charge in [-0.3, -0.25) is 14.9 Å². The number of carbonyl (C=O) groups excluding carboxylic acids is 2. The number of benzene rings is 1. The quantitative estimate of drug-likeness (QED) is 0.512. The number of hydrogen-bond acceptors (Lipinski definition) is 5. The van der Waals surface area contributed by atoms with Gasteiger partial charge in [0.05, 0.1) is 22.1 Å². The van der Waals surface area contributed by atoms with Gasteiger partial charge < -0.3 is 10.1 Å². The van der Waals surface area contributed by atoms with Crippen molar-refractivity contribution in [2.24, 2.45) is 0 Å². The maximum Gasteiger partial charge on any atom is 0.328 e. The highest BCUT2D eigenvalue weighted by Crippen LogP contribution is 2.22. The molecule has 1 aromatic rings. The number of nitro groups is 1. The van der Waals surface area contributed by atoms with E-state index in [2.05, 4.69) is 5.32 Å². The second-order valence-electron chi connectivity index (χ2n) is 3.90. The van der Waals surface area contributed by atoms with Crippen LogP contribution in [0.1, 0.15) is 16.8 Å². The molecule has 1 amide bonds. The lowest BCUT2D eigenvalue weighted by Crippen LogP contribution is -2.38. The summed E-state index contributed by atoms with van der Waals surface area (Å²) in [5.74, 6) is -1.16. The van der Waals surface area contributed by atoms with Crippen molar-refractivity contribution in [1.82, 2.24) is 5.32 Å². The molecular weight excluding hydrogens is 276 g/mol. The summed E-state index contributed by atoms with van der Waals surface area (Å²) >= 11 is 5.82. The van der Waals surface area contributed by atoms with Crippen molar-refractivity contribution >= 4 is 29.2 Å². The molecule has 1 fully saturated rings. The summed E-state index contributed by atoms with van der Waals surface area (Å²) in [6.45, 7) is 0.243. The summed E-state index contributed by atoms with van der Waals surface area (Å²) in [6, 6.07) is 2.80. The Kier molecular flexibility index (Phi) is 3.66. The monoisotopic (exact) mass is 284 g/mol. The molecule has 8 heteroatoms. The minimum atomic E-state index is -0.733. The fourth-order valence-electron chi connectivity index (χ4n) is 1.66. The maximum absolute atomic E-state index is 11.9. The van der Waals surface area contributed by atoms with Crippen molar-refractivity contribution in [2.45, 2.75) is 12.5 Å². The zero-order valence-corrected chi connectivity index (χ0v) is 10.3. The van der Waals surface area contributed by atoms with E-state index >= 15 is 0 Å². The van der Waals surface area contributed by atoms with Crippen LogP contribution in [0.15, 0.2) is 18.2 Å². The molecule has 2 rings (SSSR count). The first-order chi connectivity index (χ1) is 8.99. The summed E-state index contributed by atoms with van der Waals surface area (Å²) in [5.41, 5.74) is -0.292. The van der Waals surface area contributed by atoms with Crippen molar-refractivity contribution in [2.75, 3.05) is 6.61 Å². The number of carbonyl (C=O) groups is 2. The Bertz CT molecular complexity index is 560. The zero-order chi connectivity index (χ0) is 14.0. The van der Waals surface area contributed by atoms with Gasteiger partial charge in [0.25, 0.3) is 11.6 Å². The van der Waals surface area contributed by atoms with E-state index in [0.29, 0.717) is 6.42 Å². The molecule has 0 saturated carbocycles. The Morgan fingerprint density at radius 1 is 1.53 bits per heavy atom. The molecule has 1 aliphatic rings. The highest BCUT2D eigenvalue weighted by Gasteiger charge is 2.29. The van der Waals surface area contributed by atoms with E-state index in [-0.39, 0.29) is 22.9 Å². The summed E-state index contributed by atoms with van der Waals surface area (Å²) < 4.78 is 4.70. The predicted octanol–water partition coefficient (Wildman–Crippen LogP) is 1.29. The van der Waals surface area contributed by atoms with Crippen LogP contribution in [-0.2, 0) is 9.53 Å². The first-order valence-corrected chi connectivity index (χ1v) is 5.78. The number of nitro benzene ring substituents is 1. The van der Waals surface area contributed by atoms with Crippen molar-refractivity contribution in [3.8, 4) is 0 Å². The van der Waals surface area contributed by atoms with Crippen LogP contribution >= 0.6 is 11.6 Å². The van der Waals surface area contributed by atoms with E-state index in [9.17, 15) is 19.7 Å². The Hall–Kier alpha value is -2.15. The van der Waals surface area contributed by atoms with E-state index in [1.807, 2.05) is 0 Å². The van der Waals surface area contributed by atoms with Crippen LogP contribution in [0.25, 0.3) is 0 Å². The minimum Gasteiger partial charge on any atom is -0.464 e. The number of hydrogen-bond donors (Lipinski definition) is 1. The van der Waals surface area contributed by atoms with Gasteiger partial charge in [-0.05, 0) is 6.07 Å². The molecule has 0 aliphatic carbocycles. The second kappa shape index (κ2) is 5.23. The molecule has 0 bridgehead atoms. The first-order valence-electron chi connectivity index (χ1n) is 5.40. The van der Waals surface area contributed by atoms with Gasteiger partial charge in [0, 0.05) is 18.6 Å². The number of rotatable bonds is 3. The number of halogens is 1. The minimum absolute atomic E-state index is 0.0458. The number of non-ortho nitro benzene ring substituents is 1. The third-order valence-electron chi connectivity index (χ3n) is 2.65. The first kappa shape index (κ1) is 13.3. The number of cyclic esters (lactones) is 1. The number of esters is 1. The lowest BCUT2D eigenvalue weighted by atomic mass is 10.1. The zero-order valence-electron chi connectivity index (χ0n) is 9.59. The summed E-state index contributed by atoms with van der Waals surface area (Å²) in [7, 11) is 0. The number of nitrogens with one attached hydrogen (secondary N) is 1. The molecule has 1 aromatic carbocycles. The molecule has 19 heavy (non-hydrogen) atoms. The Labute approximate surface area is 112 Å². The smallest absolute Gasteiger partial charge is 0.328 e. The standard InChI is InChI=1S/C11H9ClN2O5/c12-8-2-1-6(14(17)18)5-7(8)10(15)13-9-3-4-19-11(9)16/h1-2,5,9H,3-4H2,(H,13,15). The van der Waals surface area contributed by atoms with E-state index in [1.165, 1.54) is 12.1 Å². The van der Waals surface area contributed by atoms with E-state index in [0.717, 1.165) is 6.07 Å². The number of nitrogens with zero attached hydrogens (tertiary/aromatic N) is 1. The van der Waals surface area contributed by atoms with Crippen molar-refractivity contribution in [1.29, 1.82) is 0 Å². The SMILES string of the molecule is O=C(NC1CCOC1=O)c1cc([N+](=O)[O-])ccc1Cl. The highest BCUT2D eigenvalue weighted by molar-refractivity contribution is 6.34. The van der Waals surface area contributed by atoms with Crippen LogP contribution in [0.3, 0.4) is 0 Å². The van der Waals surface area contributed by atoms with Crippen LogP contribution in [0.2, 0.25) is 5.02 Å². The number of amides is 1. The van der Waals surface area contributed by atoms with E-state index in [1.54, 1.807) is 0 Å². The summed E-state index contributed by atoms with van der Waals surface area (Å²) in [4.78, 5) is 33.2. The third-order valence-corrected chi connectivity index (χ3v) is 2.98. The molecule has 7 nitrogen and oxygen atoms in total. The van der Waals surface area contributed by atoms with Crippen molar-refractivity contribution < 1.29 is 19.2 Å². The van der Waals surface area contributed by atoms with Gasteiger partial charge >= 0.3 is 5.97 Å². The molecule has 100 valence electrons. The van der Waals surface area contributed by atoms with Gasteiger partial charge in [0.1, 0.15) is 6.04 Å². The van der Waals surface area contributed by atoms with Gasteiger partial charge in [-0.2, -0.15) is 0 Å². The third kappa shape index (κ3) is 2.82. The molecule has 1 unspecified atom stereocenters. The van der Waals surface area contributed by atoms with E-state index < -0.39 is 22.8 Å². The molecule has 1 N–H and O–H groups in total. The van der Waals surface area contributed by atoms with Gasteiger partial charge in [-0.15, -0.1) is 0 Å². The average molecular weight is 285 g/mol. The summed E-state index contributed by atoms with van der Waals surface area (Å²) in [5, 5.41) is 13.1. The van der Waals surface area contributed by atoms with Crippen LogP contribution in [0.5, 0.6) is 0 Å². The van der Waals surface area contributed by atoms with Crippen molar-refractivity contribution in [3.63, 3.8) is 0 Å². The lowest BCUT2D eigenvalue weighted by Gasteiger charge is -2.09. The molecule has 1 atom stereocenters. The number of ether oxygens (including phenoxy) is 1. The topological polar surface area (TPSA) is 98.5 Å². The van der Waals surface area contributed by atoms with Gasteiger partial charge in [-0.1, -0.05) is 11.6 Å². The van der Waals surface area contributed by atoms with Crippen LogP contribution in [-0.4, -0.2) is 29.4 Å². The van der Waals surface area contributed by atoms with Crippen LogP contribution in [0, 0.1) is 10.1 Å². The van der Waals surface area contributed by atoms with Crippen LogP contribution in [0.4, 0.5) is 5.69 Å². The van der Waals surface area contributed by atoms with Gasteiger partial charge in [-0.25, -0.2) is 4.79 Å². The molecule has 1 saturated heterocycles. The molecule has 1 aliphatic heterocycles. The molecule has 0 radical (unpaired) electrons. The average Bonchev–Trinajstić information content (AvgIpc) is 2.75. The summed E-state index contributed by atoms with van der Waals surface area (Å²) in [6.07, 6.45) is 0.372. The Morgan fingerprint density at radius 3 is 2.84 bits per heavy atom. The highest BCUT2D eigenvalue weighted by atomic mass is 35.5. The van der Waals surface area contributed by atoms with E-state index in [4.69, 9.17) is 16.3 Å². The normalized spacial score (nSPS) is 17.9. The fraction of sp³-hybridized carbons (Fsp3) is 0.273. The lowest BCUT2D eigenvalue weighted by molar-refractivity contribution is -0.384. The maximum atomic E-state index is 11.9. The van der Waals surface area contributed by atoms with Crippen molar-refractivity contribution in [3.05, 3.63) is 38.9 Å². The van der Waals surface area contributed by atoms with Gasteiger partial charge in [0.15, 0.2) is 0 Å². The van der Waals surface area contributed by atoms with Gasteiger partial charge in [0.2, 0.25) is 0 Å².